The SMILES string of the molecule is CC(=NNC(=O)Cc1nc2ccccc2n1C)c1ccc(N)cc1. The van der Waals surface area contributed by atoms with Crippen molar-refractivity contribution in [1.29, 1.82) is 0 Å². The first kappa shape index (κ1) is 15.7. The molecule has 3 aromatic rings. The number of amides is 1. The summed E-state index contributed by atoms with van der Waals surface area (Å²) >= 11 is 0. The molecule has 0 spiro atoms. The van der Waals surface area contributed by atoms with Crippen LogP contribution < -0.4 is 11.2 Å². The Morgan fingerprint density at radius 2 is 1.92 bits per heavy atom. The Labute approximate surface area is 140 Å². The summed E-state index contributed by atoms with van der Waals surface area (Å²) in [7, 11) is 1.90. The van der Waals surface area contributed by atoms with Gasteiger partial charge in [-0.25, -0.2) is 10.4 Å². The smallest absolute Gasteiger partial charge is 0.247 e. The van der Waals surface area contributed by atoms with E-state index in [2.05, 4.69) is 15.5 Å². The number of carbonyl (C=O) groups is 1. The molecule has 6 nitrogen and oxygen atoms in total. The van der Waals surface area contributed by atoms with Crippen LogP contribution in [0.1, 0.15) is 18.3 Å². The Hall–Kier alpha value is -3.15. The first-order valence-electron chi connectivity index (χ1n) is 7.64. The molecule has 1 aromatic heterocycles. The van der Waals surface area contributed by atoms with Crippen LogP contribution in [0.25, 0.3) is 11.0 Å². The molecule has 6 heteroatoms. The van der Waals surface area contributed by atoms with Gasteiger partial charge in [0.2, 0.25) is 5.91 Å². The molecular weight excluding hydrogens is 302 g/mol. The van der Waals surface area contributed by atoms with E-state index in [0.717, 1.165) is 16.6 Å². The minimum atomic E-state index is -0.205. The van der Waals surface area contributed by atoms with Crippen LogP contribution in [0.2, 0.25) is 0 Å². The van der Waals surface area contributed by atoms with E-state index in [4.69, 9.17) is 5.73 Å². The van der Waals surface area contributed by atoms with Gasteiger partial charge >= 0.3 is 0 Å². The lowest BCUT2D eigenvalue weighted by molar-refractivity contribution is -0.120. The molecule has 24 heavy (non-hydrogen) atoms. The summed E-state index contributed by atoms with van der Waals surface area (Å²) in [5.41, 5.74) is 12.4. The van der Waals surface area contributed by atoms with Crippen molar-refractivity contribution in [2.24, 2.45) is 12.1 Å². The van der Waals surface area contributed by atoms with Crippen molar-refractivity contribution in [2.75, 3.05) is 5.73 Å². The molecule has 3 rings (SSSR count). The first-order chi connectivity index (χ1) is 11.5. The number of carbonyl (C=O) groups excluding carboxylic acids is 1. The molecule has 0 saturated heterocycles. The van der Waals surface area contributed by atoms with Gasteiger partial charge in [-0.2, -0.15) is 5.10 Å². The normalized spacial score (nSPS) is 11.7. The molecule has 0 saturated carbocycles. The van der Waals surface area contributed by atoms with Crippen LogP contribution in [0.15, 0.2) is 53.6 Å². The highest BCUT2D eigenvalue weighted by Gasteiger charge is 2.11. The van der Waals surface area contributed by atoms with Crippen molar-refractivity contribution in [3.63, 3.8) is 0 Å². The van der Waals surface area contributed by atoms with Crippen molar-refractivity contribution < 1.29 is 4.79 Å². The van der Waals surface area contributed by atoms with Gasteiger partial charge in [-0.3, -0.25) is 4.79 Å². The van der Waals surface area contributed by atoms with E-state index in [1.165, 1.54) is 0 Å². The standard InChI is InChI=1S/C18H19N5O/c1-12(13-7-9-14(19)10-8-13)21-22-18(24)11-17-20-15-5-3-4-6-16(15)23(17)2/h3-10H,11,19H2,1-2H3,(H,22,24). The monoisotopic (exact) mass is 321 g/mol. The van der Waals surface area contributed by atoms with Crippen LogP contribution in [0, 0.1) is 0 Å². The number of hydrazone groups is 1. The maximum atomic E-state index is 12.1. The molecule has 0 bridgehead atoms. The number of fused-ring (bicyclic) bond motifs is 1. The van der Waals surface area contributed by atoms with Crippen molar-refractivity contribution in [3.8, 4) is 0 Å². The van der Waals surface area contributed by atoms with E-state index in [1.807, 2.05) is 54.9 Å². The average Bonchev–Trinajstić information content (AvgIpc) is 2.89. The Balaban J connectivity index is 1.69. The fraction of sp³-hybridized carbons (Fsp3) is 0.167. The van der Waals surface area contributed by atoms with Gasteiger partial charge in [-0.05, 0) is 36.8 Å². The predicted molar refractivity (Wildman–Crippen MR) is 95.6 cm³/mol. The Kier molecular flexibility index (Phi) is 4.29. The molecule has 122 valence electrons. The largest absolute Gasteiger partial charge is 0.399 e. The van der Waals surface area contributed by atoms with E-state index >= 15 is 0 Å². The lowest BCUT2D eigenvalue weighted by atomic mass is 10.1. The number of anilines is 1. The fourth-order valence-electron chi connectivity index (χ4n) is 2.47. The number of nitrogens with one attached hydrogen (secondary N) is 1. The highest BCUT2D eigenvalue weighted by Crippen LogP contribution is 2.14. The number of para-hydroxylation sites is 2. The third kappa shape index (κ3) is 3.27. The van der Waals surface area contributed by atoms with Crippen LogP contribution >= 0.6 is 0 Å². The number of nitrogens with zero attached hydrogens (tertiary/aromatic N) is 3. The molecule has 1 heterocycles. The molecule has 0 radical (unpaired) electrons. The van der Waals surface area contributed by atoms with E-state index in [-0.39, 0.29) is 12.3 Å². The number of aryl methyl sites for hydroxylation is 1. The van der Waals surface area contributed by atoms with Crippen molar-refractivity contribution in [2.45, 2.75) is 13.3 Å². The van der Waals surface area contributed by atoms with Crippen molar-refractivity contribution in [3.05, 3.63) is 59.9 Å². The second kappa shape index (κ2) is 6.54. The molecule has 3 N–H and O–H groups in total. The second-order valence-electron chi connectivity index (χ2n) is 5.61. The summed E-state index contributed by atoms with van der Waals surface area (Å²) < 4.78 is 1.92. The Morgan fingerprint density at radius 1 is 1.21 bits per heavy atom. The molecule has 0 unspecified atom stereocenters. The number of nitrogen functional groups attached to an aromatic ring is 1. The zero-order chi connectivity index (χ0) is 17.1. The number of hydrogen-bond donors (Lipinski definition) is 2. The number of nitrogens with two attached hydrogens (primary N) is 1. The van der Waals surface area contributed by atoms with Gasteiger partial charge in [0.05, 0.1) is 23.2 Å². The summed E-state index contributed by atoms with van der Waals surface area (Å²) in [5.74, 6) is 0.497. The van der Waals surface area contributed by atoms with E-state index < -0.39 is 0 Å². The third-order valence-electron chi connectivity index (χ3n) is 3.88. The summed E-state index contributed by atoms with van der Waals surface area (Å²) in [5, 5.41) is 4.14. The van der Waals surface area contributed by atoms with Crippen LogP contribution in [0.5, 0.6) is 0 Å². The predicted octanol–water partition coefficient (Wildman–Crippen LogP) is 2.24. The first-order valence-corrected chi connectivity index (χ1v) is 7.64. The highest BCUT2D eigenvalue weighted by atomic mass is 16.2. The van der Waals surface area contributed by atoms with Gasteiger partial charge in [-0.15, -0.1) is 0 Å². The van der Waals surface area contributed by atoms with E-state index in [0.29, 0.717) is 17.2 Å². The lowest BCUT2D eigenvalue weighted by Crippen LogP contribution is -2.22. The molecule has 1 amide bonds. The topological polar surface area (TPSA) is 85.3 Å². The fourth-order valence-corrected chi connectivity index (χ4v) is 2.47. The van der Waals surface area contributed by atoms with Crippen LogP contribution in [-0.4, -0.2) is 21.2 Å². The maximum Gasteiger partial charge on any atom is 0.247 e. The second-order valence-corrected chi connectivity index (χ2v) is 5.61. The minimum absolute atomic E-state index is 0.170. The molecule has 0 aliphatic heterocycles. The Morgan fingerprint density at radius 3 is 2.62 bits per heavy atom. The number of aromatic nitrogens is 2. The van der Waals surface area contributed by atoms with Gasteiger partial charge in [0.15, 0.2) is 0 Å². The van der Waals surface area contributed by atoms with E-state index in [9.17, 15) is 4.79 Å². The minimum Gasteiger partial charge on any atom is -0.399 e. The zero-order valence-electron chi connectivity index (χ0n) is 13.7. The summed E-state index contributed by atoms with van der Waals surface area (Å²) in [6, 6.07) is 15.1. The third-order valence-corrected chi connectivity index (χ3v) is 3.88. The zero-order valence-corrected chi connectivity index (χ0v) is 13.7. The van der Waals surface area contributed by atoms with Crippen LogP contribution in [0.3, 0.4) is 0 Å². The number of rotatable bonds is 4. The van der Waals surface area contributed by atoms with Gasteiger partial charge in [0.25, 0.3) is 0 Å². The quantitative estimate of drug-likeness (QED) is 0.439. The lowest BCUT2D eigenvalue weighted by Gasteiger charge is -2.04. The van der Waals surface area contributed by atoms with Crippen LogP contribution in [-0.2, 0) is 18.3 Å². The van der Waals surface area contributed by atoms with Gasteiger partial charge < -0.3 is 10.3 Å². The van der Waals surface area contributed by atoms with Crippen LogP contribution in [0.4, 0.5) is 5.69 Å². The Bertz CT molecular complexity index is 909. The average molecular weight is 321 g/mol. The van der Waals surface area contributed by atoms with Crippen molar-refractivity contribution in [1.82, 2.24) is 15.0 Å². The van der Waals surface area contributed by atoms with Gasteiger partial charge in [-0.1, -0.05) is 24.3 Å². The molecule has 0 aliphatic rings. The number of imidazole rings is 1. The van der Waals surface area contributed by atoms with Gasteiger partial charge in [0, 0.05) is 12.7 Å². The molecular formula is C18H19N5O. The molecule has 0 fully saturated rings. The molecule has 0 atom stereocenters. The highest BCUT2D eigenvalue weighted by molar-refractivity contribution is 5.99. The molecule has 0 aliphatic carbocycles. The molecule has 2 aromatic carbocycles. The van der Waals surface area contributed by atoms with Crippen molar-refractivity contribution >= 4 is 28.3 Å². The number of benzene rings is 2. The summed E-state index contributed by atoms with van der Waals surface area (Å²) in [6.07, 6.45) is 0.170. The summed E-state index contributed by atoms with van der Waals surface area (Å²) in [4.78, 5) is 16.6. The summed E-state index contributed by atoms with van der Waals surface area (Å²) in [6.45, 7) is 1.83. The van der Waals surface area contributed by atoms with Gasteiger partial charge in [0.1, 0.15) is 5.82 Å². The van der Waals surface area contributed by atoms with E-state index in [1.54, 1.807) is 12.1 Å². The number of hydrogen-bond acceptors (Lipinski definition) is 4. The maximum absolute atomic E-state index is 12.1.